The maximum absolute atomic E-state index is 11.5. The van der Waals surface area contributed by atoms with Gasteiger partial charge in [-0.05, 0) is 25.9 Å². The second kappa shape index (κ2) is 7.72. The van der Waals surface area contributed by atoms with Crippen LogP contribution in [0.3, 0.4) is 0 Å². The van der Waals surface area contributed by atoms with Crippen molar-refractivity contribution in [2.45, 2.75) is 25.7 Å². The van der Waals surface area contributed by atoms with E-state index in [0.29, 0.717) is 6.54 Å². The maximum atomic E-state index is 11.5. The van der Waals surface area contributed by atoms with Crippen LogP contribution in [0.1, 0.15) is 25.7 Å². The van der Waals surface area contributed by atoms with Gasteiger partial charge in [0.05, 0.1) is 19.5 Å². The van der Waals surface area contributed by atoms with Crippen LogP contribution in [0.15, 0.2) is 0 Å². The largest absolute Gasteiger partial charge is 0.481 e. The monoisotopic (exact) mass is 252 g/mol. The Balaban J connectivity index is 2.18. The van der Waals surface area contributed by atoms with Gasteiger partial charge in [0.1, 0.15) is 0 Å². The minimum Gasteiger partial charge on any atom is -0.481 e. The molecular formula is C13H20N2O3. The molecule has 0 unspecified atom stereocenters. The average molecular weight is 252 g/mol. The fourth-order valence-electron chi connectivity index (χ4n) is 1.78. The summed E-state index contributed by atoms with van der Waals surface area (Å²) >= 11 is 0. The number of carbonyl (C=O) groups excluding carboxylic acids is 1. The molecule has 1 aliphatic heterocycles. The first-order valence-corrected chi connectivity index (χ1v) is 6.23. The summed E-state index contributed by atoms with van der Waals surface area (Å²) < 4.78 is 0. The highest BCUT2D eigenvalue weighted by Gasteiger charge is 2.10. The molecule has 0 spiro atoms. The Hall–Kier alpha value is -1.54. The van der Waals surface area contributed by atoms with Crippen molar-refractivity contribution < 1.29 is 14.7 Å². The zero-order valence-electron chi connectivity index (χ0n) is 10.8. The standard InChI is InChI=1S/C13H20N2O3/c1-14(12(16)6-7-13(17)18)8-2-3-9-15-10-4-5-11-15/h4-11H2,1H3,(H,17,18). The molecule has 18 heavy (non-hydrogen) atoms. The van der Waals surface area contributed by atoms with Crippen molar-refractivity contribution in [2.24, 2.45) is 0 Å². The average Bonchev–Trinajstić information content (AvgIpc) is 2.84. The molecule has 0 aromatic rings. The second-order valence-corrected chi connectivity index (χ2v) is 4.48. The predicted octanol–water partition coefficient (Wildman–Crippen LogP) is 0.409. The van der Waals surface area contributed by atoms with Gasteiger partial charge in [0.25, 0.3) is 0 Å². The van der Waals surface area contributed by atoms with Gasteiger partial charge in [-0.2, -0.15) is 0 Å². The Labute approximate surface area is 108 Å². The van der Waals surface area contributed by atoms with Crippen molar-refractivity contribution in [3.05, 3.63) is 0 Å². The van der Waals surface area contributed by atoms with Crippen LogP contribution in [0.25, 0.3) is 0 Å². The summed E-state index contributed by atoms with van der Waals surface area (Å²) in [6, 6.07) is 0. The molecule has 0 aromatic heterocycles. The lowest BCUT2D eigenvalue weighted by molar-refractivity contribution is -0.140. The third-order valence-electron chi connectivity index (χ3n) is 2.92. The van der Waals surface area contributed by atoms with Crippen LogP contribution in [0.4, 0.5) is 0 Å². The smallest absolute Gasteiger partial charge is 0.303 e. The third kappa shape index (κ3) is 5.69. The lowest BCUT2D eigenvalue weighted by Crippen LogP contribution is -2.27. The van der Waals surface area contributed by atoms with Gasteiger partial charge < -0.3 is 10.0 Å². The molecule has 1 fully saturated rings. The summed E-state index contributed by atoms with van der Waals surface area (Å²) in [6.45, 7) is 3.35. The van der Waals surface area contributed by atoms with Crippen molar-refractivity contribution >= 4 is 11.9 Å². The van der Waals surface area contributed by atoms with Crippen molar-refractivity contribution in [2.75, 3.05) is 33.2 Å². The molecule has 1 rings (SSSR count). The molecule has 1 heterocycles. The first-order valence-electron chi connectivity index (χ1n) is 6.23. The van der Waals surface area contributed by atoms with Crippen LogP contribution in [0, 0.1) is 11.8 Å². The number of likely N-dealkylation sites (tertiary alicyclic amines) is 1. The van der Waals surface area contributed by atoms with Gasteiger partial charge in [0, 0.05) is 13.5 Å². The van der Waals surface area contributed by atoms with Crippen LogP contribution >= 0.6 is 0 Å². The topological polar surface area (TPSA) is 60.9 Å². The molecule has 5 nitrogen and oxygen atoms in total. The molecule has 1 amide bonds. The van der Waals surface area contributed by atoms with E-state index in [1.807, 2.05) is 0 Å². The number of hydrogen-bond donors (Lipinski definition) is 1. The van der Waals surface area contributed by atoms with Crippen LogP contribution in [-0.2, 0) is 9.59 Å². The number of rotatable bonds is 5. The molecule has 1 saturated heterocycles. The fourth-order valence-corrected chi connectivity index (χ4v) is 1.78. The third-order valence-corrected chi connectivity index (χ3v) is 2.92. The molecule has 5 heteroatoms. The van der Waals surface area contributed by atoms with Crippen molar-refractivity contribution in [3.63, 3.8) is 0 Å². The minimum atomic E-state index is -0.947. The van der Waals surface area contributed by atoms with E-state index in [1.54, 1.807) is 7.05 Å². The van der Waals surface area contributed by atoms with E-state index in [0.717, 1.165) is 19.6 Å². The lowest BCUT2D eigenvalue weighted by atomic mass is 10.3. The fraction of sp³-hybridized carbons (Fsp3) is 0.692. The van der Waals surface area contributed by atoms with Gasteiger partial charge in [0.15, 0.2) is 0 Å². The highest BCUT2D eigenvalue weighted by atomic mass is 16.4. The molecule has 0 bridgehead atoms. The lowest BCUT2D eigenvalue weighted by Gasteiger charge is -2.13. The van der Waals surface area contributed by atoms with E-state index in [2.05, 4.69) is 16.7 Å². The second-order valence-electron chi connectivity index (χ2n) is 4.48. The maximum Gasteiger partial charge on any atom is 0.303 e. The Kier molecular flexibility index (Phi) is 6.23. The van der Waals surface area contributed by atoms with Crippen LogP contribution in [0.2, 0.25) is 0 Å². The first kappa shape index (κ1) is 14.5. The van der Waals surface area contributed by atoms with Gasteiger partial charge in [-0.1, -0.05) is 11.8 Å². The van der Waals surface area contributed by atoms with Gasteiger partial charge in [-0.3, -0.25) is 14.5 Å². The zero-order chi connectivity index (χ0) is 13.4. The number of nitrogens with zero attached hydrogens (tertiary/aromatic N) is 2. The SMILES string of the molecule is CN(CC#CCN1CCCC1)C(=O)CCC(=O)O. The molecule has 0 atom stereocenters. The zero-order valence-corrected chi connectivity index (χ0v) is 10.8. The van der Waals surface area contributed by atoms with E-state index >= 15 is 0 Å². The number of carboxylic acid groups (broad SMARTS) is 1. The first-order chi connectivity index (χ1) is 8.59. The molecule has 0 aromatic carbocycles. The summed E-state index contributed by atoms with van der Waals surface area (Å²) in [5.74, 6) is 4.87. The predicted molar refractivity (Wildman–Crippen MR) is 68.0 cm³/mol. The number of carboxylic acids is 1. The molecule has 1 aliphatic rings. The molecule has 1 N–H and O–H groups in total. The van der Waals surface area contributed by atoms with Gasteiger partial charge in [-0.15, -0.1) is 0 Å². The molecular weight excluding hydrogens is 232 g/mol. The van der Waals surface area contributed by atoms with Crippen LogP contribution in [0.5, 0.6) is 0 Å². The van der Waals surface area contributed by atoms with Crippen LogP contribution < -0.4 is 0 Å². The number of hydrogen-bond acceptors (Lipinski definition) is 3. The molecule has 100 valence electrons. The van der Waals surface area contributed by atoms with Gasteiger partial charge in [0.2, 0.25) is 5.91 Å². The Morgan fingerprint density at radius 3 is 2.50 bits per heavy atom. The molecule has 0 aliphatic carbocycles. The highest BCUT2D eigenvalue weighted by Crippen LogP contribution is 2.05. The number of amides is 1. The van der Waals surface area contributed by atoms with E-state index in [1.165, 1.54) is 17.7 Å². The van der Waals surface area contributed by atoms with E-state index < -0.39 is 5.97 Å². The van der Waals surface area contributed by atoms with Gasteiger partial charge in [-0.25, -0.2) is 0 Å². The molecule has 0 radical (unpaired) electrons. The summed E-state index contributed by atoms with van der Waals surface area (Å²) in [5, 5.41) is 8.48. The van der Waals surface area contributed by atoms with Gasteiger partial charge >= 0.3 is 5.97 Å². The number of carbonyl (C=O) groups is 2. The van der Waals surface area contributed by atoms with Crippen molar-refractivity contribution in [1.29, 1.82) is 0 Å². The van der Waals surface area contributed by atoms with Crippen molar-refractivity contribution in [3.8, 4) is 11.8 Å². The summed E-state index contributed by atoms with van der Waals surface area (Å²) in [6.07, 6.45) is 2.41. The Morgan fingerprint density at radius 2 is 1.89 bits per heavy atom. The quantitative estimate of drug-likeness (QED) is 0.720. The van der Waals surface area contributed by atoms with E-state index in [9.17, 15) is 9.59 Å². The molecule has 0 saturated carbocycles. The Bertz CT molecular complexity index is 351. The number of aliphatic carboxylic acids is 1. The van der Waals surface area contributed by atoms with E-state index in [4.69, 9.17) is 5.11 Å². The normalized spacial score (nSPS) is 14.9. The highest BCUT2D eigenvalue weighted by molar-refractivity contribution is 5.80. The Morgan fingerprint density at radius 1 is 1.22 bits per heavy atom. The van der Waals surface area contributed by atoms with E-state index in [-0.39, 0.29) is 18.7 Å². The summed E-state index contributed by atoms with van der Waals surface area (Å²) in [4.78, 5) is 25.6. The summed E-state index contributed by atoms with van der Waals surface area (Å²) in [7, 11) is 1.65. The van der Waals surface area contributed by atoms with Crippen molar-refractivity contribution in [1.82, 2.24) is 9.80 Å². The van der Waals surface area contributed by atoms with Crippen LogP contribution in [-0.4, -0.2) is 60.0 Å². The summed E-state index contributed by atoms with van der Waals surface area (Å²) in [5.41, 5.74) is 0. The minimum absolute atomic E-state index is 0.0413.